The fraction of sp³-hybridized carbons (Fsp3) is 0.647. The Morgan fingerprint density at radius 1 is 1.46 bits per heavy atom. The molecule has 0 saturated carbocycles. The van der Waals surface area contributed by atoms with Crippen LogP contribution in [0.5, 0.6) is 0 Å². The Kier molecular flexibility index (Phi) is 5.56. The summed E-state index contributed by atoms with van der Waals surface area (Å²) in [6.45, 7) is 7.09. The number of allylic oxidation sites excluding steroid dienone is 1. The van der Waals surface area contributed by atoms with Crippen molar-refractivity contribution in [2.24, 2.45) is 17.3 Å². The molecule has 0 aromatic heterocycles. The third-order valence-electron chi connectivity index (χ3n) is 4.68. The molecule has 2 rings (SSSR count). The van der Waals surface area contributed by atoms with Crippen molar-refractivity contribution >= 4 is 23.6 Å². The average molecular weight is 346 g/mol. The molecular weight excluding hydrogens is 324 g/mol. The standard InChI is InChI=1S/C17H22N4O2S/c1-11-5-4-6-21(9-11)14(22)10-24-16-13(8-19)17(2,3)12(7-18)15(23)20-16/h11-12H,4-6,9-10H2,1-3H3,(H,20,23)/t11-,12-/m0/s1. The van der Waals surface area contributed by atoms with Crippen LogP contribution in [-0.2, 0) is 9.59 Å². The highest BCUT2D eigenvalue weighted by atomic mass is 32.2. The van der Waals surface area contributed by atoms with Crippen molar-refractivity contribution in [2.75, 3.05) is 18.8 Å². The van der Waals surface area contributed by atoms with Gasteiger partial charge >= 0.3 is 0 Å². The molecule has 0 spiro atoms. The Hall–Kier alpha value is -1.99. The Balaban J connectivity index is 2.12. The maximum Gasteiger partial charge on any atom is 0.243 e. The first kappa shape index (κ1) is 18.4. The van der Waals surface area contributed by atoms with Gasteiger partial charge in [-0.3, -0.25) is 9.59 Å². The molecule has 2 aliphatic rings. The van der Waals surface area contributed by atoms with E-state index in [2.05, 4.69) is 18.3 Å². The van der Waals surface area contributed by atoms with Gasteiger partial charge in [0, 0.05) is 18.5 Å². The number of amides is 2. The van der Waals surface area contributed by atoms with Gasteiger partial charge in [-0.25, -0.2) is 0 Å². The van der Waals surface area contributed by atoms with Crippen molar-refractivity contribution in [1.29, 1.82) is 10.5 Å². The van der Waals surface area contributed by atoms with Gasteiger partial charge in [0.1, 0.15) is 5.92 Å². The quantitative estimate of drug-likeness (QED) is 0.843. The van der Waals surface area contributed by atoms with Crippen LogP contribution in [0.15, 0.2) is 10.6 Å². The largest absolute Gasteiger partial charge is 0.342 e. The first-order valence-electron chi connectivity index (χ1n) is 8.07. The van der Waals surface area contributed by atoms with Gasteiger partial charge in [0.15, 0.2) is 0 Å². The van der Waals surface area contributed by atoms with Gasteiger partial charge in [0.25, 0.3) is 0 Å². The second-order valence-electron chi connectivity index (χ2n) is 6.96. The van der Waals surface area contributed by atoms with Gasteiger partial charge in [0.05, 0.1) is 28.5 Å². The molecule has 1 saturated heterocycles. The number of likely N-dealkylation sites (tertiary alicyclic amines) is 1. The van der Waals surface area contributed by atoms with Crippen molar-refractivity contribution in [2.45, 2.75) is 33.6 Å². The third-order valence-corrected chi connectivity index (χ3v) is 5.67. The molecule has 2 heterocycles. The van der Waals surface area contributed by atoms with Crippen LogP contribution in [0.2, 0.25) is 0 Å². The molecule has 0 aliphatic carbocycles. The summed E-state index contributed by atoms with van der Waals surface area (Å²) in [6.07, 6.45) is 2.15. The van der Waals surface area contributed by atoms with Crippen molar-refractivity contribution in [1.82, 2.24) is 10.2 Å². The number of piperidine rings is 1. The number of nitrogens with one attached hydrogen (secondary N) is 1. The van der Waals surface area contributed by atoms with E-state index in [-0.39, 0.29) is 11.7 Å². The molecule has 2 aliphatic heterocycles. The lowest BCUT2D eigenvalue weighted by Gasteiger charge is -2.35. The van der Waals surface area contributed by atoms with E-state index in [1.165, 1.54) is 11.8 Å². The first-order valence-corrected chi connectivity index (χ1v) is 9.05. The zero-order chi connectivity index (χ0) is 17.9. The minimum Gasteiger partial charge on any atom is -0.342 e. The van der Waals surface area contributed by atoms with E-state index in [0.29, 0.717) is 16.5 Å². The molecule has 0 aromatic rings. The lowest BCUT2D eigenvalue weighted by molar-refractivity contribution is -0.130. The molecule has 1 fully saturated rings. The van der Waals surface area contributed by atoms with Crippen LogP contribution in [0.25, 0.3) is 0 Å². The van der Waals surface area contributed by atoms with E-state index in [1.807, 2.05) is 11.0 Å². The highest BCUT2D eigenvalue weighted by Crippen LogP contribution is 2.41. The number of carbonyl (C=O) groups is 2. The van der Waals surface area contributed by atoms with E-state index >= 15 is 0 Å². The smallest absolute Gasteiger partial charge is 0.243 e. The molecule has 7 heteroatoms. The molecule has 128 valence electrons. The van der Waals surface area contributed by atoms with Crippen molar-refractivity contribution in [3.05, 3.63) is 10.6 Å². The van der Waals surface area contributed by atoms with Crippen molar-refractivity contribution < 1.29 is 9.59 Å². The number of hydrogen-bond donors (Lipinski definition) is 1. The second kappa shape index (κ2) is 7.27. The van der Waals surface area contributed by atoms with Crippen LogP contribution in [0, 0.1) is 39.9 Å². The molecule has 1 N–H and O–H groups in total. The molecule has 2 amide bonds. The maximum absolute atomic E-state index is 12.4. The van der Waals surface area contributed by atoms with Crippen LogP contribution < -0.4 is 5.32 Å². The van der Waals surface area contributed by atoms with E-state index in [4.69, 9.17) is 0 Å². The molecule has 0 radical (unpaired) electrons. The van der Waals surface area contributed by atoms with E-state index < -0.39 is 17.2 Å². The Bertz CT molecular complexity index is 656. The Labute approximate surface area is 146 Å². The number of rotatable bonds is 3. The number of thioether (sulfide) groups is 1. The predicted octanol–water partition coefficient (Wildman–Crippen LogP) is 2.01. The fourth-order valence-corrected chi connectivity index (χ4v) is 4.25. The van der Waals surface area contributed by atoms with E-state index in [0.717, 1.165) is 25.9 Å². The molecule has 0 aromatic carbocycles. The lowest BCUT2D eigenvalue weighted by atomic mass is 9.72. The van der Waals surface area contributed by atoms with Crippen LogP contribution in [0.4, 0.5) is 0 Å². The highest BCUT2D eigenvalue weighted by Gasteiger charge is 2.44. The summed E-state index contributed by atoms with van der Waals surface area (Å²) in [4.78, 5) is 26.3. The summed E-state index contributed by atoms with van der Waals surface area (Å²) in [6, 6.07) is 4.08. The van der Waals surface area contributed by atoms with Gasteiger partial charge in [0.2, 0.25) is 11.8 Å². The van der Waals surface area contributed by atoms with Crippen LogP contribution >= 0.6 is 11.8 Å². The van der Waals surface area contributed by atoms with E-state index in [9.17, 15) is 20.1 Å². The summed E-state index contributed by atoms with van der Waals surface area (Å²) < 4.78 is 0. The van der Waals surface area contributed by atoms with Gasteiger partial charge in [-0.2, -0.15) is 10.5 Å². The minimum atomic E-state index is -0.907. The molecule has 0 bridgehead atoms. The summed E-state index contributed by atoms with van der Waals surface area (Å²) in [7, 11) is 0. The molecule has 2 atom stereocenters. The number of hydrogen-bond acceptors (Lipinski definition) is 5. The van der Waals surface area contributed by atoms with Crippen molar-refractivity contribution in [3.8, 4) is 12.1 Å². The summed E-state index contributed by atoms with van der Waals surface area (Å²) in [5, 5.41) is 21.7. The van der Waals surface area contributed by atoms with Crippen LogP contribution in [0.3, 0.4) is 0 Å². The molecule has 0 unspecified atom stereocenters. The van der Waals surface area contributed by atoms with E-state index in [1.54, 1.807) is 13.8 Å². The van der Waals surface area contributed by atoms with Gasteiger partial charge in [-0.15, -0.1) is 0 Å². The summed E-state index contributed by atoms with van der Waals surface area (Å²) in [5.74, 6) is -0.615. The minimum absolute atomic E-state index is 0.0193. The molecule has 6 nitrogen and oxygen atoms in total. The maximum atomic E-state index is 12.4. The monoisotopic (exact) mass is 346 g/mol. The highest BCUT2D eigenvalue weighted by molar-refractivity contribution is 8.03. The predicted molar refractivity (Wildman–Crippen MR) is 91.1 cm³/mol. The number of nitrogens with zero attached hydrogens (tertiary/aromatic N) is 3. The van der Waals surface area contributed by atoms with Gasteiger partial charge in [-0.05, 0) is 18.8 Å². The van der Waals surface area contributed by atoms with Crippen molar-refractivity contribution in [3.63, 3.8) is 0 Å². The molecular formula is C17H22N4O2S. The number of carbonyl (C=O) groups excluding carboxylic acids is 2. The van der Waals surface area contributed by atoms with Gasteiger partial charge in [-0.1, -0.05) is 32.5 Å². The zero-order valence-corrected chi connectivity index (χ0v) is 15.1. The average Bonchev–Trinajstić information content (AvgIpc) is 2.52. The lowest BCUT2D eigenvalue weighted by Crippen LogP contribution is -2.45. The molecule has 24 heavy (non-hydrogen) atoms. The Morgan fingerprint density at radius 3 is 2.75 bits per heavy atom. The van der Waals surface area contributed by atoms with Gasteiger partial charge < -0.3 is 10.2 Å². The topological polar surface area (TPSA) is 97.0 Å². The van der Waals surface area contributed by atoms with Crippen LogP contribution in [-0.4, -0.2) is 35.6 Å². The van der Waals surface area contributed by atoms with Crippen LogP contribution in [0.1, 0.15) is 33.6 Å². The Morgan fingerprint density at radius 2 is 2.17 bits per heavy atom. The summed E-state index contributed by atoms with van der Waals surface area (Å²) in [5.41, 5.74) is -0.505. The summed E-state index contributed by atoms with van der Waals surface area (Å²) >= 11 is 1.18. The SMILES string of the molecule is C[C@H]1CCCN(C(=O)CSC2=C(C#N)C(C)(C)[C@@H](C#N)C(=O)N2)C1. The fourth-order valence-electron chi connectivity index (χ4n) is 3.18. The zero-order valence-electron chi connectivity index (χ0n) is 14.3. The third kappa shape index (κ3) is 3.57. The normalized spacial score (nSPS) is 26.4. The first-order chi connectivity index (χ1) is 11.3. The number of nitriles is 2. The second-order valence-corrected chi connectivity index (χ2v) is 7.95.